The first-order valence-electron chi connectivity index (χ1n) is 9.94. The molecule has 2 bridgehead atoms. The van der Waals surface area contributed by atoms with E-state index in [1.54, 1.807) is 12.1 Å². The van der Waals surface area contributed by atoms with Crippen LogP contribution in [0.25, 0.3) is 11.0 Å². The quantitative estimate of drug-likeness (QED) is 0.645. The molecule has 0 spiro atoms. The van der Waals surface area contributed by atoms with E-state index in [1.165, 1.54) is 5.56 Å². The third-order valence-electron chi connectivity index (χ3n) is 6.39. The molecule has 1 saturated heterocycles. The SMILES string of the molecule is Cc1cc2oc(=O)cc(CN3C[C@@H]4C[C@@H](C3)c3cccc(=O)n3C4)c2cc1C. The maximum absolute atomic E-state index is 12.2. The first-order valence-corrected chi connectivity index (χ1v) is 9.94. The number of benzene rings is 1. The summed E-state index contributed by atoms with van der Waals surface area (Å²) in [6.07, 6.45) is 1.13. The average Bonchev–Trinajstić information content (AvgIpc) is 2.64. The lowest BCUT2D eigenvalue weighted by atomic mass is 9.83. The number of fused-ring (bicyclic) bond motifs is 5. The van der Waals surface area contributed by atoms with Crippen LogP contribution < -0.4 is 11.2 Å². The van der Waals surface area contributed by atoms with Gasteiger partial charge in [0.15, 0.2) is 0 Å². The summed E-state index contributed by atoms with van der Waals surface area (Å²) in [6.45, 7) is 7.50. The van der Waals surface area contributed by atoms with Gasteiger partial charge in [-0.15, -0.1) is 0 Å². The number of nitrogens with zero attached hydrogens (tertiary/aromatic N) is 2. The summed E-state index contributed by atoms with van der Waals surface area (Å²) >= 11 is 0. The number of piperidine rings is 1. The van der Waals surface area contributed by atoms with Crippen LogP contribution in [0.2, 0.25) is 0 Å². The van der Waals surface area contributed by atoms with E-state index < -0.39 is 0 Å². The molecule has 144 valence electrons. The molecule has 5 nitrogen and oxygen atoms in total. The molecule has 0 radical (unpaired) electrons. The second-order valence-electron chi connectivity index (χ2n) is 8.42. The lowest BCUT2D eigenvalue weighted by Gasteiger charge is -2.42. The van der Waals surface area contributed by atoms with Gasteiger partial charge in [-0.25, -0.2) is 4.79 Å². The minimum absolute atomic E-state index is 0.109. The fourth-order valence-corrected chi connectivity index (χ4v) is 4.98. The molecule has 1 fully saturated rings. The predicted octanol–water partition coefficient (Wildman–Crippen LogP) is 3.19. The van der Waals surface area contributed by atoms with Gasteiger partial charge in [0.25, 0.3) is 5.56 Å². The van der Waals surface area contributed by atoms with Crippen molar-refractivity contribution < 1.29 is 4.42 Å². The van der Waals surface area contributed by atoms with E-state index >= 15 is 0 Å². The fourth-order valence-electron chi connectivity index (χ4n) is 4.98. The van der Waals surface area contributed by atoms with Gasteiger partial charge in [0, 0.05) is 55.3 Å². The summed E-state index contributed by atoms with van der Waals surface area (Å²) in [5.74, 6) is 0.846. The Hall–Kier alpha value is -2.66. The zero-order chi connectivity index (χ0) is 19.4. The van der Waals surface area contributed by atoms with Crippen molar-refractivity contribution in [1.82, 2.24) is 9.47 Å². The average molecular weight is 376 g/mol. The number of likely N-dealkylation sites (tertiary alicyclic amines) is 1. The molecule has 2 aromatic heterocycles. The number of pyridine rings is 1. The van der Waals surface area contributed by atoms with E-state index in [0.717, 1.165) is 54.8 Å². The number of hydrogen-bond donors (Lipinski definition) is 0. The number of aryl methyl sites for hydroxylation is 2. The van der Waals surface area contributed by atoms with Crippen LogP contribution in [0.1, 0.15) is 34.7 Å². The van der Waals surface area contributed by atoms with Gasteiger partial charge >= 0.3 is 5.63 Å². The van der Waals surface area contributed by atoms with Crippen LogP contribution in [-0.4, -0.2) is 22.6 Å². The Kier molecular flexibility index (Phi) is 4.02. The molecule has 4 heterocycles. The largest absolute Gasteiger partial charge is 0.423 e. The molecular formula is C23H24N2O3. The molecule has 0 saturated carbocycles. The fraction of sp³-hybridized carbons (Fsp3) is 0.391. The van der Waals surface area contributed by atoms with Gasteiger partial charge in [-0.3, -0.25) is 9.69 Å². The van der Waals surface area contributed by atoms with Crippen LogP contribution >= 0.6 is 0 Å². The van der Waals surface area contributed by atoms with Crippen LogP contribution in [-0.2, 0) is 13.1 Å². The summed E-state index contributed by atoms with van der Waals surface area (Å²) in [7, 11) is 0. The molecule has 2 atom stereocenters. The van der Waals surface area contributed by atoms with Gasteiger partial charge in [-0.2, -0.15) is 0 Å². The Morgan fingerprint density at radius 2 is 1.86 bits per heavy atom. The van der Waals surface area contributed by atoms with Gasteiger partial charge in [0.1, 0.15) is 5.58 Å². The van der Waals surface area contributed by atoms with Gasteiger partial charge in [0.2, 0.25) is 0 Å². The Morgan fingerprint density at radius 3 is 2.71 bits per heavy atom. The third kappa shape index (κ3) is 2.90. The highest BCUT2D eigenvalue weighted by molar-refractivity contribution is 5.81. The zero-order valence-corrected chi connectivity index (χ0v) is 16.3. The summed E-state index contributed by atoms with van der Waals surface area (Å²) in [4.78, 5) is 26.8. The lowest BCUT2D eigenvalue weighted by Crippen LogP contribution is -2.46. The second-order valence-corrected chi connectivity index (χ2v) is 8.42. The van der Waals surface area contributed by atoms with Crippen molar-refractivity contribution in [3.8, 4) is 0 Å². The van der Waals surface area contributed by atoms with Crippen LogP contribution in [0.5, 0.6) is 0 Å². The predicted molar refractivity (Wildman–Crippen MR) is 109 cm³/mol. The molecule has 0 amide bonds. The van der Waals surface area contributed by atoms with E-state index in [0.29, 0.717) is 17.4 Å². The number of aromatic nitrogens is 1. The van der Waals surface area contributed by atoms with Crippen LogP contribution in [0.4, 0.5) is 0 Å². The van der Waals surface area contributed by atoms with Crippen molar-refractivity contribution >= 4 is 11.0 Å². The minimum Gasteiger partial charge on any atom is -0.423 e. The standard InChI is InChI=1S/C23H24N2O3/c1-14-6-19-17(9-23(27)28-21(19)7-15(14)2)12-24-10-16-8-18(13-24)20-4-3-5-22(26)25(20)11-16/h3-7,9,16,18H,8,10-13H2,1-2H3/t16-,18-/m0/s1. The Bertz CT molecular complexity index is 1190. The topological polar surface area (TPSA) is 55.5 Å². The first kappa shape index (κ1) is 17.4. The van der Waals surface area contributed by atoms with E-state index in [4.69, 9.17) is 4.42 Å². The van der Waals surface area contributed by atoms with Crippen molar-refractivity contribution in [3.63, 3.8) is 0 Å². The van der Waals surface area contributed by atoms with Crippen LogP contribution in [0.3, 0.4) is 0 Å². The maximum Gasteiger partial charge on any atom is 0.336 e. The highest BCUT2D eigenvalue weighted by Crippen LogP contribution is 2.36. The highest BCUT2D eigenvalue weighted by Gasteiger charge is 2.34. The Morgan fingerprint density at radius 1 is 1.04 bits per heavy atom. The highest BCUT2D eigenvalue weighted by atomic mass is 16.4. The van der Waals surface area contributed by atoms with Gasteiger partial charge in [0.05, 0.1) is 0 Å². The summed E-state index contributed by atoms with van der Waals surface area (Å²) in [5.41, 5.74) is 4.99. The molecule has 1 aromatic carbocycles. The minimum atomic E-state index is -0.292. The monoisotopic (exact) mass is 376 g/mol. The first-order chi connectivity index (χ1) is 13.5. The normalized spacial score (nSPS) is 21.6. The molecule has 2 aliphatic heterocycles. The van der Waals surface area contributed by atoms with Gasteiger partial charge in [-0.05, 0) is 61.1 Å². The van der Waals surface area contributed by atoms with Crippen molar-refractivity contribution in [2.75, 3.05) is 13.1 Å². The van der Waals surface area contributed by atoms with Crippen molar-refractivity contribution in [2.45, 2.75) is 39.3 Å². The van der Waals surface area contributed by atoms with Gasteiger partial charge < -0.3 is 8.98 Å². The summed E-state index contributed by atoms with van der Waals surface area (Å²) in [6, 6.07) is 11.3. The molecule has 3 aromatic rings. The molecule has 5 rings (SSSR count). The van der Waals surface area contributed by atoms with Crippen LogP contribution in [0.15, 0.2) is 50.4 Å². The van der Waals surface area contributed by atoms with E-state index in [1.807, 2.05) is 23.6 Å². The summed E-state index contributed by atoms with van der Waals surface area (Å²) in [5, 5.41) is 1.02. The molecule has 0 aliphatic carbocycles. The van der Waals surface area contributed by atoms with E-state index in [9.17, 15) is 9.59 Å². The smallest absolute Gasteiger partial charge is 0.336 e. The molecule has 2 aliphatic rings. The maximum atomic E-state index is 12.2. The zero-order valence-electron chi connectivity index (χ0n) is 16.3. The Labute approximate surface area is 163 Å². The number of rotatable bonds is 2. The number of hydrogen-bond acceptors (Lipinski definition) is 4. The lowest BCUT2D eigenvalue weighted by molar-refractivity contribution is 0.114. The second kappa shape index (κ2) is 6.45. The van der Waals surface area contributed by atoms with Crippen LogP contribution in [0, 0.1) is 19.8 Å². The molecule has 28 heavy (non-hydrogen) atoms. The Balaban J connectivity index is 1.49. The molecule has 0 N–H and O–H groups in total. The third-order valence-corrected chi connectivity index (χ3v) is 6.39. The van der Waals surface area contributed by atoms with Crippen molar-refractivity contribution in [3.05, 3.63) is 79.6 Å². The van der Waals surface area contributed by atoms with Gasteiger partial charge in [-0.1, -0.05) is 6.07 Å². The van der Waals surface area contributed by atoms with Crippen molar-refractivity contribution in [2.24, 2.45) is 5.92 Å². The molecule has 5 heteroatoms. The van der Waals surface area contributed by atoms with E-state index in [-0.39, 0.29) is 11.2 Å². The molecule has 0 unspecified atom stereocenters. The van der Waals surface area contributed by atoms with E-state index in [2.05, 4.69) is 24.0 Å². The molecular weight excluding hydrogens is 352 g/mol. The summed E-state index contributed by atoms with van der Waals surface area (Å²) < 4.78 is 7.40. The van der Waals surface area contributed by atoms with Crippen molar-refractivity contribution in [1.29, 1.82) is 0 Å².